The topological polar surface area (TPSA) is 32.3 Å². The molecule has 70 valence electrons. The van der Waals surface area contributed by atoms with Gasteiger partial charge in [-0.2, -0.15) is 0 Å². The zero-order valence-electron chi connectivity index (χ0n) is 7.84. The molecule has 0 aromatic rings. The minimum Gasteiger partial charge on any atom is -0.394 e. The Hall–Kier alpha value is -0.340. The predicted molar refractivity (Wildman–Crippen MR) is 51.1 cm³/mol. The maximum absolute atomic E-state index is 9.26. The lowest BCUT2D eigenvalue weighted by atomic mass is 9.98. The van der Waals surface area contributed by atoms with E-state index in [9.17, 15) is 5.11 Å². The molecule has 2 heteroatoms. The molecule has 0 spiro atoms. The van der Waals surface area contributed by atoms with Gasteiger partial charge < -0.3 is 10.4 Å². The Morgan fingerprint density at radius 3 is 2.58 bits per heavy atom. The molecule has 0 amide bonds. The second kappa shape index (κ2) is 4.06. The molecule has 1 saturated carbocycles. The first-order chi connectivity index (χ1) is 5.72. The van der Waals surface area contributed by atoms with Crippen molar-refractivity contribution in [1.29, 1.82) is 0 Å². The highest BCUT2D eigenvalue weighted by Gasteiger charge is 2.33. The van der Waals surface area contributed by atoms with Crippen molar-refractivity contribution < 1.29 is 5.11 Å². The molecule has 0 radical (unpaired) electrons. The van der Waals surface area contributed by atoms with E-state index in [-0.39, 0.29) is 12.1 Å². The van der Waals surface area contributed by atoms with Gasteiger partial charge in [0.25, 0.3) is 0 Å². The van der Waals surface area contributed by atoms with Crippen LogP contribution in [0.2, 0.25) is 0 Å². The molecule has 0 aromatic heterocycles. The Morgan fingerprint density at radius 2 is 2.17 bits per heavy atom. The number of nitrogens with one attached hydrogen (secondary N) is 1. The van der Waals surface area contributed by atoms with Crippen molar-refractivity contribution in [2.24, 2.45) is 0 Å². The zero-order valence-corrected chi connectivity index (χ0v) is 7.84. The third-order valence-corrected chi connectivity index (χ3v) is 2.75. The molecule has 1 aliphatic carbocycles. The zero-order chi connectivity index (χ0) is 9.03. The minimum atomic E-state index is -0.00634. The molecule has 0 heterocycles. The minimum absolute atomic E-state index is 0.00634. The Bertz CT molecular complexity index is 150. The Balaban J connectivity index is 2.49. The normalized spacial score (nSPS) is 23.8. The number of hydrogen-bond acceptors (Lipinski definition) is 2. The first kappa shape index (κ1) is 9.75. The Morgan fingerprint density at radius 1 is 1.58 bits per heavy atom. The predicted octanol–water partition coefficient (Wildman–Crippen LogP) is 1.46. The average Bonchev–Trinajstić information content (AvgIpc) is 2.54. The van der Waals surface area contributed by atoms with Crippen molar-refractivity contribution in [1.82, 2.24) is 5.32 Å². The Kier molecular flexibility index (Phi) is 3.29. The summed E-state index contributed by atoms with van der Waals surface area (Å²) >= 11 is 0. The maximum atomic E-state index is 9.26. The maximum Gasteiger partial charge on any atom is 0.0613 e. The van der Waals surface area contributed by atoms with Crippen molar-refractivity contribution in [3.8, 4) is 0 Å². The molecule has 1 aliphatic rings. The fourth-order valence-electron chi connectivity index (χ4n) is 1.94. The summed E-state index contributed by atoms with van der Waals surface area (Å²) in [7, 11) is 0. The van der Waals surface area contributed by atoms with Crippen molar-refractivity contribution in [2.45, 2.75) is 44.2 Å². The van der Waals surface area contributed by atoms with Crippen LogP contribution in [0.5, 0.6) is 0 Å². The lowest BCUT2D eigenvalue weighted by Gasteiger charge is -2.30. The van der Waals surface area contributed by atoms with Gasteiger partial charge in [0.15, 0.2) is 0 Å². The van der Waals surface area contributed by atoms with Gasteiger partial charge in [0, 0.05) is 11.6 Å². The van der Waals surface area contributed by atoms with Crippen LogP contribution in [0, 0.1) is 0 Å². The fraction of sp³-hybridized carbons (Fsp3) is 0.800. The summed E-state index contributed by atoms with van der Waals surface area (Å²) in [6.07, 6.45) is 6.55. The van der Waals surface area contributed by atoms with Crippen LogP contribution in [-0.4, -0.2) is 23.3 Å². The molecule has 12 heavy (non-hydrogen) atoms. The summed E-state index contributed by atoms with van der Waals surface area (Å²) < 4.78 is 0. The molecule has 0 aromatic carbocycles. The number of aliphatic hydroxyl groups is 1. The molecule has 2 N–H and O–H groups in total. The van der Waals surface area contributed by atoms with Crippen LogP contribution in [-0.2, 0) is 0 Å². The number of rotatable bonds is 4. The third kappa shape index (κ3) is 2.08. The van der Waals surface area contributed by atoms with Crippen molar-refractivity contribution in [2.75, 3.05) is 6.61 Å². The third-order valence-electron chi connectivity index (χ3n) is 2.75. The van der Waals surface area contributed by atoms with Gasteiger partial charge in [-0.05, 0) is 19.8 Å². The molecule has 0 aliphatic heterocycles. The largest absolute Gasteiger partial charge is 0.394 e. The van der Waals surface area contributed by atoms with Crippen LogP contribution in [0.3, 0.4) is 0 Å². The van der Waals surface area contributed by atoms with Crippen LogP contribution >= 0.6 is 0 Å². The highest BCUT2D eigenvalue weighted by Crippen LogP contribution is 2.29. The van der Waals surface area contributed by atoms with Gasteiger partial charge in [0.2, 0.25) is 0 Å². The van der Waals surface area contributed by atoms with E-state index < -0.39 is 0 Å². The molecule has 1 fully saturated rings. The summed E-state index contributed by atoms with van der Waals surface area (Å²) in [5.74, 6) is 0. The quantitative estimate of drug-likeness (QED) is 0.624. The standard InChI is InChI=1S/C10H19NO/c1-3-9(2)11-10(8-12)6-4-5-7-10/h3,9,11-12H,1,4-8H2,2H3. The number of aliphatic hydroxyl groups excluding tert-OH is 1. The summed E-state index contributed by atoms with van der Waals surface area (Å²) in [5, 5.41) is 12.7. The molecular formula is C10H19NO. The summed E-state index contributed by atoms with van der Waals surface area (Å²) in [5.41, 5.74) is -0.00634. The van der Waals surface area contributed by atoms with Crippen molar-refractivity contribution in [3.05, 3.63) is 12.7 Å². The van der Waals surface area contributed by atoms with Crippen molar-refractivity contribution in [3.63, 3.8) is 0 Å². The molecule has 0 saturated heterocycles. The second-order valence-corrected chi connectivity index (χ2v) is 3.81. The summed E-state index contributed by atoms with van der Waals surface area (Å²) in [6.45, 7) is 6.05. The van der Waals surface area contributed by atoms with E-state index >= 15 is 0 Å². The first-order valence-corrected chi connectivity index (χ1v) is 4.73. The van der Waals surface area contributed by atoms with Gasteiger partial charge in [-0.25, -0.2) is 0 Å². The molecule has 1 unspecified atom stereocenters. The highest BCUT2D eigenvalue weighted by atomic mass is 16.3. The van der Waals surface area contributed by atoms with Gasteiger partial charge in [0.1, 0.15) is 0 Å². The average molecular weight is 169 g/mol. The fourth-order valence-corrected chi connectivity index (χ4v) is 1.94. The molecule has 1 rings (SSSR count). The molecule has 1 atom stereocenters. The SMILES string of the molecule is C=CC(C)NC1(CO)CCCC1. The number of hydrogen-bond donors (Lipinski definition) is 2. The molecule has 0 bridgehead atoms. The first-order valence-electron chi connectivity index (χ1n) is 4.73. The van der Waals surface area contributed by atoms with Gasteiger partial charge in [-0.3, -0.25) is 0 Å². The summed E-state index contributed by atoms with van der Waals surface area (Å²) in [4.78, 5) is 0. The van der Waals surface area contributed by atoms with E-state index in [1.807, 2.05) is 6.08 Å². The van der Waals surface area contributed by atoms with Crippen LogP contribution in [0.4, 0.5) is 0 Å². The van der Waals surface area contributed by atoms with E-state index in [4.69, 9.17) is 0 Å². The van der Waals surface area contributed by atoms with Gasteiger partial charge in [-0.1, -0.05) is 18.9 Å². The van der Waals surface area contributed by atoms with Crippen LogP contribution in [0.25, 0.3) is 0 Å². The highest BCUT2D eigenvalue weighted by molar-refractivity contribution is 4.97. The molecular weight excluding hydrogens is 150 g/mol. The summed E-state index contributed by atoms with van der Waals surface area (Å²) in [6, 6.07) is 0.301. The van der Waals surface area contributed by atoms with Crippen LogP contribution in [0.15, 0.2) is 12.7 Å². The van der Waals surface area contributed by atoms with Gasteiger partial charge in [0.05, 0.1) is 6.61 Å². The van der Waals surface area contributed by atoms with E-state index in [1.54, 1.807) is 0 Å². The van der Waals surface area contributed by atoms with E-state index in [2.05, 4.69) is 18.8 Å². The van der Waals surface area contributed by atoms with E-state index in [0.29, 0.717) is 6.04 Å². The molecule has 2 nitrogen and oxygen atoms in total. The monoisotopic (exact) mass is 169 g/mol. The van der Waals surface area contributed by atoms with Gasteiger partial charge in [-0.15, -0.1) is 6.58 Å². The second-order valence-electron chi connectivity index (χ2n) is 3.81. The lowest BCUT2D eigenvalue weighted by molar-refractivity contribution is 0.159. The van der Waals surface area contributed by atoms with E-state index in [1.165, 1.54) is 12.8 Å². The van der Waals surface area contributed by atoms with Crippen LogP contribution in [0.1, 0.15) is 32.6 Å². The van der Waals surface area contributed by atoms with Gasteiger partial charge >= 0.3 is 0 Å². The Labute approximate surface area is 74.7 Å². The smallest absolute Gasteiger partial charge is 0.0613 e. The van der Waals surface area contributed by atoms with E-state index in [0.717, 1.165) is 12.8 Å². The lowest BCUT2D eigenvalue weighted by Crippen LogP contribution is -2.49. The van der Waals surface area contributed by atoms with Crippen LogP contribution < -0.4 is 5.32 Å². The van der Waals surface area contributed by atoms with Crippen molar-refractivity contribution >= 4 is 0 Å².